The molecule has 2 heterocycles. The van der Waals surface area contributed by atoms with E-state index < -0.39 is 0 Å². The fraction of sp³-hybridized carbons (Fsp3) is 0.143. The number of nitrogens with two attached hydrogens (primary N) is 1. The topological polar surface area (TPSA) is 66.0 Å². The first-order valence-electron chi connectivity index (χ1n) is 6.24. The van der Waals surface area contributed by atoms with Crippen LogP contribution in [0.1, 0.15) is 15.2 Å². The van der Waals surface area contributed by atoms with Crippen LogP contribution in [0, 0.1) is 0 Å². The molecule has 102 valence electrons. The molecule has 0 radical (unpaired) electrons. The number of quaternary nitrogens is 1. The number of rotatable bonds is 3. The standard InChI is InChI=1S/C14H13N3O2S/c1-15-13(18)9-6-10(20-8-9)7-17-12-5-3-2-4-11(12)16-14(17)19/h2-6,8H,7H2,1H3,(H,15,18)(H,16,19)/p+1. The number of carbonyl (C=O) groups excluding carboxylic acids is 2. The van der Waals surface area contributed by atoms with E-state index in [0.29, 0.717) is 12.1 Å². The summed E-state index contributed by atoms with van der Waals surface area (Å²) in [6.07, 6.45) is 0. The van der Waals surface area contributed by atoms with Crippen molar-refractivity contribution in [2.45, 2.75) is 6.54 Å². The van der Waals surface area contributed by atoms with Crippen LogP contribution in [-0.4, -0.2) is 19.0 Å². The second-order valence-electron chi connectivity index (χ2n) is 4.51. The number of primary amides is 1. The van der Waals surface area contributed by atoms with Crippen LogP contribution in [0.2, 0.25) is 0 Å². The summed E-state index contributed by atoms with van der Waals surface area (Å²) in [5, 5.41) is 6.04. The zero-order valence-corrected chi connectivity index (χ0v) is 11.7. The Bertz CT molecular complexity index is 681. The van der Waals surface area contributed by atoms with Gasteiger partial charge in [-0.2, -0.15) is 0 Å². The molecule has 3 rings (SSSR count). The first-order chi connectivity index (χ1) is 9.69. The first-order valence-corrected chi connectivity index (χ1v) is 7.12. The highest BCUT2D eigenvalue weighted by atomic mass is 32.1. The van der Waals surface area contributed by atoms with Crippen LogP contribution in [0.25, 0.3) is 0 Å². The van der Waals surface area contributed by atoms with Crippen LogP contribution in [0.4, 0.5) is 16.2 Å². The molecule has 1 aliphatic rings. The van der Waals surface area contributed by atoms with Gasteiger partial charge >= 0.3 is 6.03 Å². The molecule has 3 amide bonds. The molecule has 0 atom stereocenters. The number of anilines is 1. The van der Waals surface area contributed by atoms with E-state index in [1.54, 1.807) is 17.3 Å². The van der Waals surface area contributed by atoms with E-state index in [9.17, 15) is 9.59 Å². The number of fused-ring (bicyclic) bond motifs is 1. The Morgan fingerprint density at radius 1 is 1.40 bits per heavy atom. The lowest BCUT2D eigenvalue weighted by atomic mass is 10.2. The number of hydrogen-bond donors (Lipinski definition) is 2. The van der Waals surface area contributed by atoms with Crippen molar-refractivity contribution in [3.63, 3.8) is 0 Å². The van der Waals surface area contributed by atoms with Crippen molar-refractivity contribution in [3.05, 3.63) is 46.2 Å². The minimum Gasteiger partial charge on any atom is -0.355 e. The molecular weight excluding hydrogens is 274 g/mol. The summed E-state index contributed by atoms with van der Waals surface area (Å²) in [6.45, 7) is 0.494. The van der Waals surface area contributed by atoms with E-state index in [2.05, 4.69) is 5.32 Å². The van der Waals surface area contributed by atoms with Crippen LogP contribution < -0.4 is 15.5 Å². The third kappa shape index (κ3) is 2.19. The highest BCUT2D eigenvalue weighted by molar-refractivity contribution is 7.10. The third-order valence-electron chi connectivity index (χ3n) is 3.23. The average Bonchev–Trinajstić information content (AvgIpc) is 3.04. The molecular formula is C14H14N3O2S+. The van der Waals surface area contributed by atoms with Crippen molar-refractivity contribution in [2.75, 3.05) is 11.9 Å². The maximum Gasteiger partial charge on any atom is 0.425 e. The number of nitrogens with one attached hydrogen (secondary N) is 1. The van der Waals surface area contributed by atoms with Gasteiger partial charge < -0.3 is 5.32 Å². The monoisotopic (exact) mass is 288 g/mol. The van der Waals surface area contributed by atoms with Crippen molar-refractivity contribution in [1.29, 1.82) is 0 Å². The molecule has 0 unspecified atom stereocenters. The summed E-state index contributed by atoms with van der Waals surface area (Å²) in [5.41, 5.74) is 2.50. The lowest BCUT2D eigenvalue weighted by Gasteiger charge is -2.10. The smallest absolute Gasteiger partial charge is 0.355 e. The van der Waals surface area contributed by atoms with Gasteiger partial charge in [-0.3, -0.25) is 9.69 Å². The van der Waals surface area contributed by atoms with E-state index in [4.69, 9.17) is 0 Å². The first kappa shape index (κ1) is 12.8. The molecule has 6 heteroatoms. The number of thiophene rings is 1. The molecule has 0 aliphatic carbocycles. The molecule has 0 bridgehead atoms. The highest BCUT2D eigenvalue weighted by Gasteiger charge is 2.32. The van der Waals surface area contributed by atoms with E-state index in [1.165, 1.54) is 11.3 Å². The van der Waals surface area contributed by atoms with Crippen molar-refractivity contribution in [2.24, 2.45) is 0 Å². The normalized spacial score (nSPS) is 13.4. The Hall–Kier alpha value is -2.18. The van der Waals surface area contributed by atoms with Crippen molar-refractivity contribution >= 4 is 34.6 Å². The zero-order valence-electron chi connectivity index (χ0n) is 10.9. The van der Waals surface area contributed by atoms with Gasteiger partial charge in [0, 0.05) is 23.4 Å². The van der Waals surface area contributed by atoms with Crippen LogP contribution >= 0.6 is 11.3 Å². The Balaban J connectivity index is 1.83. The molecule has 0 fully saturated rings. The summed E-state index contributed by atoms with van der Waals surface area (Å²) in [6, 6.07) is 9.52. The van der Waals surface area contributed by atoms with Crippen LogP contribution in [0.5, 0.6) is 0 Å². The Labute approximate surface area is 120 Å². The maximum atomic E-state index is 12.0. The second-order valence-corrected chi connectivity index (χ2v) is 5.50. The summed E-state index contributed by atoms with van der Waals surface area (Å²) in [4.78, 5) is 26.3. The van der Waals surface area contributed by atoms with E-state index in [0.717, 1.165) is 16.3 Å². The molecule has 20 heavy (non-hydrogen) atoms. The Morgan fingerprint density at radius 3 is 3.00 bits per heavy atom. The lowest BCUT2D eigenvalue weighted by Crippen LogP contribution is -2.81. The predicted octanol–water partition coefficient (Wildman–Crippen LogP) is 1.44. The van der Waals surface area contributed by atoms with Crippen LogP contribution in [0.15, 0.2) is 35.7 Å². The maximum absolute atomic E-state index is 12.0. The minimum absolute atomic E-state index is 0.0129. The van der Waals surface area contributed by atoms with Gasteiger partial charge in [0.05, 0.1) is 12.1 Å². The van der Waals surface area contributed by atoms with Gasteiger partial charge in [-0.1, -0.05) is 12.1 Å². The number of benzene rings is 1. The SMILES string of the molecule is CNC(=O)c1csc(CN2C(=O)[NH2+]c3ccccc32)c1. The quantitative estimate of drug-likeness (QED) is 0.839. The summed E-state index contributed by atoms with van der Waals surface area (Å²) < 4.78 is 0. The molecule has 1 aliphatic heterocycles. The van der Waals surface area contributed by atoms with Crippen LogP contribution in [-0.2, 0) is 6.54 Å². The van der Waals surface area contributed by atoms with Crippen molar-refractivity contribution in [1.82, 2.24) is 5.32 Å². The van der Waals surface area contributed by atoms with Gasteiger partial charge in [-0.05, 0) is 12.1 Å². The van der Waals surface area contributed by atoms with Crippen molar-refractivity contribution < 1.29 is 14.9 Å². The number of carbonyl (C=O) groups is 2. The van der Waals surface area contributed by atoms with Gasteiger partial charge in [-0.25, -0.2) is 10.1 Å². The molecule has 2 aromatic rings. The van der Waals surface area contributed by atoms with Gasteiger partial charge in [-0.15, -0.1) is 11.3 Å². The third-order valence-corrected chi connectivity index (χ3v) is 4.15. The fourth-order valence-electron chi connectivity index (χ4n) is 2.23. The fourth-order valence-corrected chi connectivity index (χ4v) is 3.08. The van der Waals surface area contributed by atoms with E-state index >= 15 is 0 Å². The Morgan fingerprint density at radius 2 is 2.20 bits per heavy atom. The minimum atomic E-state index is -0.104. The molecule has 5 nitrogen and oxygen atoms in total. The van der Waals surface area contributed by atoms with Gasteiger partial charge in [0.1, 0.15) is 5.69 Å². The number of urea groups is 1. The highest BCUT2D eigenvalue weighted by Crippen LogP contribution is 2.28. The summed E-state index contributed by atoms with van der Waals surface area (Å²) in [5.74, 6) is -0.104. The lowest BCUT2D eigenvalue weighted by molar-refractivity contribution is -0.454. The molecule has 3 N–H and O–H groups in total. The number of hydrogen-bond acceptors (Lipinski definition) is 3. The molecule has 1 aromatic heterocycles. The summed E-state index contributed by atoms with van der Waals surface area (Å²) >= 11 is 1.49. The predicted molar refractivity (Wildman–Crippen MR) is 77.3 cm³/mol. The zero-order chi connectivity index (χ0) is 14.1. The van der Waals surface area contributed by atoms with Crippen molar-refractivity contribution in [3.8, 4) is 0 Å². The number of amides is 3. The molecule has 0 spiro atoms. The second kappa shape index (κ2) is 5.07. The summed E-state index contributed by atoms with van der Waals surface area (Å²) in [7, 11) is 1.61. The number of para-hydroxylation sites is 2. The Kier molecular flexibility index (Phi) is 3.25. The van der Waals surface area contributed by atoms with E-state index in [1.807, 2.05) is 35.7 Å². The molecule has 0 saturated heterocycles. The molecule has 1 aromatic carbocycles. The average molecular weight is 288 g/mol. The van der Waals surface area contributed by atoms with Gasteiger partial charge in [0.2, 0.25) is 0 Å². The van der Waals surface area contributed by atoms with E-state index in [-0.39, 0.29) is 11.9 Å². The van der Waals surface area contributed by atoms with Gasteiger partial charge in [0.15, 0.2) is 5.69 Å². The molecule has 0 saturated carbocycles. The largest absolute Gasteiger partial charge is 0.425 e. The van der Waals surface area contributed by atoms with Gasteiger partial charge in [0.25, 0.3) is 5.91 Å². The number of nitrogens with zero attached hydrogens (tertiary/aromatic N) is 1. The van der Waals surface area contributed by atoms with Crippen LogP contribution in [0.3, 0.4) is 0 Å².